The molecule has 31 heavy (non-hydrogen) atoms. The number of nitrogens with one attached hydrogen (secondary N) is 1. The molecule has 0 unspecified atom stereocenters. The molecule has 0 radical (unpaired) electrons. The molecule has 0 aliphatic heterocycles. The van der Waals surface area contributed by atoms with Crippen LogP contribution in [0.3, 0.4) is 0 Å². The first-order chi connectivity index (χ1) is 15.2. The van der Waals surface area contributed by atoms with E-state index in [0.29, 0.717) is 0 Å². The third kappa shape index (κ3) is 6.53. The van der Waals surface area contributed by atoms with Crippen molar-refractivity contribution in [1.82, 2.24) is 5.32 Å². The predicted molar refractivity (Wildman–Crippen MR) is 125 cm³/mol. The van der Waals surface area contributed by atoms with Crippen LogP contribution >= 0.6 is 0 Å². The SMILES string of the molecule is COc1ccc(C#Cc2ccccc2)c(CCNCCc2ccc(OC)c(OC)c2)c1. The lowest BCUT2D eigenvalue weighted by atomic mass is 10.0. The molecule has 4 nitrogen and oxygen atoms in total. The van der Waals surface area contributed by atoms with E-state index in [0.717, 1.165) is 54.3 Å². The van der Waals surface area contributed by atoms with Gasteiger partial charge in [-0.2, -0.15) is 0 Å². The second-order valence-electron chi connectivity index (χ2n) is 7.08. The van der Waals surface area contributed by atoms with Gasteiger partial charge in [-0.15, -0.1) is 0 Å². The average Bonchev–Trinajstić information content (AvgIpc) is 2.83. The zero-order valence-corrected chi connectivity index (χ0v) is 18.4. The fourth-order valence-corrected chi connectivity index (χ4v) is 3.30. The van der Waals surface area contributed by atoms with Gasteiger partial charge in [-0.05, 0) is 79.5 Å². The molecule has 0 heterocycles. The Morgan fingerprint density at radius 3 is 2.23 bits per heavy atom. The van der Waals surface area contributed by atoms with Gasteiger partial charge >= 0.3 is 0 Å². The number of ether oxygens (including phenoxy) is 3. The fraction of sp³-hybridized carbons (Fsp3) is 0.259. The van der Waals surface area contributed by atoms with Crippen molar-refractivity contribution in [2.45, 2.75) is 12.8 Å². The number of rotatable bonds is 9. The van der Waals surface area contributed by atoms with E-state index >= 15 is 0 Å². The van der Waals surface area contributed by atoms with Gasteiger partial charge in [-0.3, -0.25) is 0 Å². The topological polar surface area (TPSA) is 39.7 Å². The molecule has 0 aliphatic rings. The van der Waals surface area contributed by atoms with Gasteiger partial charge in [0, 0.05) is 11.1 Å². The van der Waals surface area contributed by atoms with Crippen LogP contribution in [-0.4, -0.2) is 34.4 Å². The lowest BCUT2D eigenvalue weighted by molar-refractivity contribution is 0.354. The summed E-state index contributed by atoms with van der Waals surface area (Å²) in [4.78, 5) is 0. The summed E-state index contributed by atoms with van der Waals surface area (Å²) in [6, 6.07) is 22.2. The zero-order valence-electron chi connectivity index (χ0n) is 18.4. The molecule has 0 amide bonds. The van der Waals surface area contributed by atoms with Crippen LogP contribution in [0.2, 0.25) is 0 Å². The minimum atomic E-state index is 0.751. The van der Waals surface area contributed by atoms with E-state index in [9.17, 15) is 0 Å². The van der Waals surface area contributed by atoms with Crippen molar-refractivity contribution in [2.75, 3.05) is 34.4 Å². The maximum Gasteiger partial charge on any atom is 0.160 e. The molecule has 0 aromatic heterocycles. The summed E-state index contributed by atoms with van der Waals surface area (Å²) in [5, 5.41) is 3.53. The first kappa shape index (κ1) is 22.3. The summed E-state index contributed by atoms with van der Waals surface area (Å²) in [7, 11) is 5.00. The number of methoxy groups -OCH3 is 3. The number of hydrogen-bond donors (Lipinski definition) is 1. The standard InChI is InChI=1S/C27H29NO3/c1-29-25-13-12-23(11-9-21-7-5-4-6-8-21)24(20-25)16-18-28-17-15-22-10-14-26(30-2)27(19-22)31-3/h4-8,10,12-14,19-20,28H,15-18H2,1-3H3. The van der Waals surface area contributed by atoms with Crippen molar-refractivity contribution in [1.29, 1.82) is 0 Å². The van der Waals surface area contributed by atoms with Crippen molar-refractivity contribution in [3.05, 3.63) is 89.0 Å². The van der Waals surface area contributed by atoms with Gasteiger partial charge in [0.1, 0.15) is 5.75 Å². The highest BCUT2D eigenvalue weighted by Crippen LogP contribution is 2.27. The van der Waals surface area contributed by atoms with Crippen molar-refractivity contribution in [2.24, 2.45) is 0 Å². The molecule has 0 atom stereocenters. The zero-order chi connectivity index (χ0) is 21.9. The smallest absolute Gasteiger partial charge is 0.160 e. The van der Waals surface area contributed by atoms with E-state index in [-0.39, 0.29) is 0 Å². The first-order valence-corrected chi connectivity index (χ1v) is 10.4. The van der Waals surface area contributed by atoms with Crippen LogP contribution in [0.25, 0.3) is 0 Å². The first-order valence-electron chi connectivity index (χ1n) is 10.4. The Balaban J connectivity index is 1.58. The van der Waals surface area contributed by atoms with E-state index in [4.69, 9.17) is 14.2 Å². The summed E-state index contributed by atoms with van der Waals surface area (Å²) in [6.45, 7) is 1.74. The highest BCUT2D eigenvalue weighted by molar-refractivity contribution is 5.49. The summed E-state index contributed by atoms with van der Waals surface area (Å²) in [5.41, 5.74) is 4.44. The molecule has 0 bridgehead atoms. The summed E-state index contributed by atoms with van der Waals surface area (Å²) < 4.78 is 16.1. The second kappa shape index (κ2) is 11.7. The van der Waals surface area contributed by atoms with Crippen LogP contribution in [-0.2, 0) is 12.8 Å². The summed E-state index contributed by atoms with van der Waals surface area (Å²) >= 11 is 0. The van der Waals surface area contributed by atoms with Crippen molar-refractivity contribution in [3.8, 4) is 29.1 Å². The molecule has 1 N–H and O–H groups in total. The lowest BCUT2D eigenvalue weighted by Crippen LogP contribution is -2.20. The Labute approximate surface area is 185 Å². The van der Waals surface area contributed by atoms with E-state index in [1.54, 1.807) is 21.3 Å². The minimum Gasteiger partial charge on any atom is -0.497 e. The molecule has 0 aliphatic carbocycles. The van der Waals surface area contributed by atoms with Crippen molar-refractivity contribution >= 4 is 0 Å². The van der Waals surface area contributed by atoms with Gasteiger partial charge < -0.3 is 19.5 Å². The van der Waals surface area contributed by atoms with Gasteiger partial charge in [-0.1, -0.05) is 36.1 Å². The van der Waals surface area contributed by atoms with Gasteiger partial charge in [0.05, 0.1) is 21.3 Å². The predicted octanol–water partition coefficient (Wildman–Crippen LogP) is 4.49. The van der Waals surface area contributed by atoms with Crippen LogP contribution in [0.4, 0.5) is 0 Å². The molecule has 160 valence electrons. The number of hydrogen-bond acceptors (Lipinski definition) is 4. The number of benzene rings is 3. The Morgan fingerprint density at radius 2 is 1.48 bits per heavy atom. The third-order valence-electron chi connectivity index (χ3n) is 5.04. The quantitative estimate of drug-likeness (QED) is 0.413. The van der Waals surface area contributed by atoms with Crippen LogP contribution in [0.5, 0.6) is 17.2 Å². The van der Waals surface area contributed by atoms with E-state index in [2.05, 4.69) is 29.3 Å². The van der Waals surface area contributed by atoms with Crippen molar-refractivity contribution in [3.63, 3.8) is 0 Å². The summed E-state index contributed by atoms with van der Waals surface area (Å²) in [6.07, 6.45) is 1.79. The van der Waals surface area contributed by atoms with Gasteiger partial charge in [0.15, 0.2) is 11.5 Å². The Morgan fingerprint density at radius 1 is 0.710 bits per heavy atom. The largest absolute Gasteiger partial charge is 0.497 e. The van der Waals surface area contributed by atoms with Crippen LogP contribution < -0.4 is 19.5 Å². The molecular weight excluding hydrogens is 386 g/mol. The van der Waals surface area contributed by atoms with Gasteiger partial charge in [-0.25, -0.2) is 0 Å². The lowest BCUT2D eigenvalue weighted by Gasteiger charge is -2.11. The van der Waals surface area contributed by atoms with Gasteiger partial charge in [0.25, 0.3) is 0 Å². The molecule has 0 saturated carbocycles. The highest BCUT2D eigenvalue weighted by Gasteiger charge is 2.05. The molecule has 3 rings (SSSR count). The monoisotopic (exact) mass is 415 g/mol. The molecule has 0 saturated heterocycles. The van der Waals surface area contributed by atoms with E-state index in [1.165, 1.54) is 11.1 Å². The fourth-order valence-electron chi connectivity index (χ4n) is 3.30. The minimum absolute atomic E-state index is 0.751. The van der Waals surface area contributed by atoms with Gasteiger partial charge in [0.2, 0.25) is 0 Å². The maximum absolute atomic E-state index is 5.41. The normalized spacial score (nSPS) is 10.2. The third-order valence-corrected chi connectivity index (χ3v) is 5.04. The molecular formula is C27H29NO3. The van der Waals surface area contributed by atoms with E-state index in [1.807, 2.05) is 54.6 Å². The molecule has 4 heteroatoms. The maximum atomic E-state index is 5.41. The second-order valence-corrected chi connectivity index (χ2v) is 7.08. The van der Waals surface area contributed by atoms with Crippen LogP contribution in [0.15, 0.2) is 66.7 Å². The highest BCUT2D eigenvalue weighted by atomic mass is 16.5. The molecule has 3 aromatic carbocycles. The average molecular weight is 416 g/mol. The van der Waals surface area contributed by atoms with E-state index < -0.39 is 0 Å². The molecule has 0 spiro atoms. The van der Waals surface area contributed by atoms with Crippen LogP contribution in [0, 0.1) is 11.8 Å². The Kier molecular flexibility index (Phi) is 8.39. The molecule has 3 aromatic rings. The molecule has 0 fully saturated rings. The Bertz CT molecular complexity index is 1040. The van der Waals surface area contributed by atoms with Crippen LogP contribution in [0.1, 0.15) is 22.3 Å². The van der Waals surface area contributed by atoms with Crippen molar-refractivity contribution < 1.29 is 14.2 Å². The summed E-state index contributed by atoms with van der Waals surface area (Å²) in [5.74, 6) is 8.93. The Hall–Kier alpha value is -3.42.